The van der Waals surface area contributed by atoms with Gasteiger partial charge in [0.25, 0.3) is 0 Å². The van der Waals surface area contributed by atoms with E-state index < -0.39 is 25.7 Å². The first-order valence-electron chi connectivity index (χ1n) is 21.5. The van der Waals surface area contributed by atoms with Crippen LogP contribution in [0.25, 0.3) is 45.5 Å². The van der Waals surface area contributed by atoms with Crippen LogP contribution in [0.2, 0.25) is 0 Å². The summed E-state index contributed by atoms with van der Waals surface area (Å²) < 4.78 is 1.20. The minimum absolute atomic E-state index is 0.0606. The zero-order valence-electron chi connectivity index (χ0n) is 35.4. The SMILES string of the molecule is CCCC1=Cc2c(-c3ccc(C)c(C)c3C)cccc2[CH]1[Hf]([Cl])([Cl])([c]1cccc2c1[SiH2]c1ccccc1-2)[CH]1C(CCC)=Cc2c(-c3ccc(C)c(C)c3C)cccc21. The normalized spacial score (nSPS) is 17.7. The first-order chi connectivity index (χ1) is 27.9. The molecule has 6 aromatic carbocycles. The quantitative estimate of drug-likeness (QED) is 0.126. The van der Waals surface area contributed by atoms with E-state index in [0.29, 0.717) is 0 Å². The van der Waals surface area contributed by atoms with Crippen molar-refractivity contribution in [1.29, 1.82) is 0 Å². The number of fused-ring (bicyclic) bond motifs is 5. The molecule has 1 heterocycles. The van der Waals surface area contributed by atoms with Gasteiger partial charge in [0.15, 0.2) is 0 Å². The van der Waals surface area contributed by atoms with Gasteiger partial charge < -0.3 is 0 Å². The third-order valence-electron chi connectivity index (χ3n) is 14.5. The van der Waals surface area contributed by atoms with Gasteiger partial charge in [-0.1, -0.05) is 0 Å². The fourth-order valence-corrected chi connectivity index (χ4v) is 50.3. The van der Waals surface area contributed by atoms with Crippen LogP contribution in [-0.4, -0.2) is 9.52 Å². The molecular formula is C54H55Cl2HfSi. The van der Waals surface area contributed by atoms with Crippen molar-refractivity contribution in [2.75, 3.05) is 0 Å². The molecule has 6 aromatic rings. The van der Waals surface area contributed by atoms with Gasteiger partial charge in [0.2, 0.25) is 0 Å². The summed E-state index contributed by atoms with van der Waals surface area (Å²) in [6.45, 7) is 18.2. The van der Waals surface area contributed by atoms with Crippen molar-refractivity contribution in [2.24, 2.45) is 0 Å². The van der Waals surface area contributed by atoms with Crippen LogP contribution in [0.15, 0.2) is 114 Å². The number of rotatable bonds is 9. The Morgan fingerprint density at radius 3 is 1.47 bits per heavy atom. The number of benzene rings is 6. The molecule has 2 unspecified atom stereocenters. The number of allylic oxidation sites excluding steroid dienone is 2. The van der Waals surface area contributed by atoms with Crippen molar-refractivity contribution in [3.8, 4) is 33.4 Å². The second-order valence-corrected chi connectivity index (χ2v) is 48.7. The summed E-state index contributed by atoms with van der Waals surface area (Å²) in [5.41, 5.74) is 24.2. The molecule has 0 saturated carbocycles. The van der Waals surface area contributed by atoms with Crippen LogP contribution in [0.5, 0.6) is 0 Å². The molecule has 9 rings (SSSR count). The van der Waals surface area contributed by atoms with Crippen LogP contribution in [0.3, 0.4) is 0 Å². The summed E-state index contributed by atoms with van der Waals surface area (Å²) in [4.78, 5) is 0. The van der Waals surface area contributed by atoms with Gasteiger partial charge in [-0.25, -0.2) is 0 Å². The third kappa shape index (κ3) is 5.90. The maximum absolute atomic E-state index is 9.35. The van der Waals surface area contributed by atoms with Crippen molar-refractivity contribution in [1.82, 2.24) is 0 Å². The van der Waals surface area contributed by atoms with Crippen LogP contribution >= 0.6 is 17.2 Å². The summed E-state index contributed by atoms with van der Waals surface area (Å²) in [6, 6.07) is 39.4. The van der Waals surface area contributed by atoms with Gasteiger partial charge in [0.05, 0.1) is 0 Å². The van der Waals surface area contributed by atoms with E-state index in [4.69, 9.17) is 0 Å². The summed E-state index contributed by atoms with van der Waals surface area (Å²) >= 11 is -5.77. The van der Waals surface area contributed by atoms with Crippen molar-refractivity contribution in [2.45, 2.75) is 88.4 Å². The van der Waals surface area contributed by atoms with Crippen molar-refractivity contribution < 1.29 is 16.1 Å². The zero-order valence-corrected chi connectivity index (χ0v) is 41.9. The molecular weight excluding hydrogens is 926 g/mol. The Kier molecular flexibility index (Phi) is 10.2. The fraction of sp³-hybridized carbons (Fsp3) is 0.259. The number of aryl methyl sites for hydroxylation is 2. The molecule has 0 radical (unpaired) electrons. The van der Waals surface area contributed by atoms with Crippen molar-refractivity contribution >= 4 is 52.5 Å². The molecule has 3 aliphatic rings. The Morgan fingerprint density at radius 1 is 0.483 bits per heavy atom. The maximum atomic E-state index is 9.35. The van der Waals surface area contributed by atoms with Crippen LogP contribution in [0.1, 0.15) is 103 Å². The fourth-order valence-electron chi connectivity index (χ4n) is 11.2. The van der Waals surface area contributed by atoms with Gasteiger partial charge in [0.1, 0.15) is 0 Å². The monoisotopic (exact) mass is 981 g/mol. The Balaban J connectivity index is 1.37. The molecule has 4 heteroatoms. The van der Waals surface area contributed by atoms with E-state index in [-0.39, 0.29) is 7.35 Å². The van der Waals surface area contributed by atoms with Crippen molar-refractivity contribution in [3.05, 3.63) is 170 Å². The summed E-state index contributed by atoms with van der Waals surface area (Å²) in [6.07, 6.45) is 9.09. The van der Waals surface area contributed by atoms with Crippen LogP contribution < -0.4 is 13.7 Å². The predicted molar refractivity (Wildman–Crippen MR) is 254 cm³/mol. The number of hydrogen-bond acceptors (Lipinski definition) is 0. The van der Waals surface area contributed by atoms with Crippen molar-refractivity contribution in [3.63, 3.8) is 0 Å². The Labute approximate surface area is 357 Å². The summed E-state index contributed by atoms with van der Waals surface area (Å²) in [7, 11) is 17.9. The molecule has 0 fully saturated rings. The van der Waals surface area contributed by atoms with Gasteiger partial charge in [-0.2, -0.15) is 0 Å². The summed E-state index contributed by atoms with van der Waals surface area (Å²) in [5, 5.41) is 2.99. The van der Waals surface area contributed by atoms with E-state index >= 15 is 0 Å². The van der Waals surface area contributed by atoms with E-state index in [1.165, 1.54) is 114 Å². The Morgan fingerprint density at radius 2 is 0.948 bits per heavy atom. The molecule has 0 N–H and O–H groups in total. The Bertz CT molecular complexity index is 2610. The average molecular weight is 982 g/mol. The molecule has 0 amide bonds. The van der Waals surface area contributed by atoms with E-state index in [9.17, 15) is 17.2 Å². The van der Waals surface area contributed by atoms with Gasteiger partial charge in [0, 0.05) is 0 Å². The zero-order chi connectivity index (χ0) is 40.7. The van der Waals surface area contributed by atoms with Crippen LogP contribution in [-0.2, 0) is 16.1 Å². The Hall–Kier alpha value is -3.53. The van der Waals surface area contributed by atoms with Gasteiger partial charge >= 0.3 is 360 Å². The number of halogens is 2. The molecule has 0 aromatic heterocycles. The molecule has 0 nitrogen and oxygen atoms in total. The van der Waals surface area contributed by atoms with Crippen LogP contribution in [0, 0.1) is 41.5 Å². The molecule has 1 aliphatic heterocycles. The minimum atomic E-state index is -5.77. The second kappa shape index (κ2) is 14.9. The third-order valence-corrected chi connectivity index (χ3v) is 46.2. The molecule has 293 valence electrons. The number of hydrogen-bond donors (Lipinski definition) is 0. The van der Waals surface area contributed by atoms with Gasteiger partial charge in [-0.3, -0.25) is 0 Å². The van der Waals surface area contributed by atoms with E-state index in [2.05, 4.69) is 171 Å². The molecule has 2 aliphatic carbocycles. The van der Waals surface area contributed by atoms with Crippen LogP contribution in [0.4, 0.5) is 0 Å². The first-order valence-corrected chi connectivity index (χ1v) is 37.7. The van der Waals surface area contributed by atoms with Gasteiger partial charge in [-0.05, 0) is 0 Å². The molecule has 0 saturated heterocycles. The second-order valence-electron chi connectivity index (χ2n) is 17.6. The first kappa shape index (κ1) is 39.9. The molecule has 0 spiro atoms. The van der Waals surface area contributed by atoms with E-state index in [0.717, 1.165) is 25.7 Å². The summed E-state index contributed by atoms with van der Waals surface area (Å²) in [5.74, 6) is 0. The van der Waals surface area contributed by atoms with Gasteiger partial charge in [-0.15, -0.1) is 0 Å². The predicted octanol–water partition coefficient (Wildman–Crippen LogP) is 13.5. The average Bonchev–Trinajstić information content (AvgIpc) is 3.92. The van der Waals surface area contributed by atoms with E-state index in [1.54, 1.807) is 0 Å². The topological polar surface area (TPSA) is 0 Å². The van der Waals surface area contributed by atoms with E-state index in [1.807, 2.05) is 0 Å². The molecule has 2 atom stereocenters. The molecule has 58 heavy (non-hydrogen) atoms. The standard InChI is InChI=1S/2C21H23.C12H9Si.2ClH.Hf/c2*1-5-7-17-12-18-8-6-9-20(21(18)13-17)19-11-10-14(2)15(3)16(19)4;1-3-7-11-9(5-1)10-6-2-4-8-12(10)13-11;;;/h2*6,8-13H,5,7H2,1-4H3;1-7H,13H2;2*1H;/q;;;;;+2/p-2. The molecule has 0 bridgehead atoms.